The summed E-state index contributed by atoms with van der Waals surface area (Å²) in [6.07, 6.45) is -4.62. The molecule has 0 unspecified atom stereocenters. The molecule has 1 aromatic rings. The third-order valence-electron chi connectivity index (χ3n) is 2.03. The zero-order chi connectivity index (χ0) is 13.9. The van der Waals surface area contributed by atoms with E-state index in [9.17, 15) is 18.0 Å². The van der Waals surface area contributed by atoms with Gasteiger partial charge in [0.25, 0.3) is 0 Å². The first-order valence-corrected chi connectivity index (χ1v) is 5.15. The van der Waals surface area contributed by atoms with E-state index in [-0.39, 0.29) is 18.3 Å². The Labute approximate surface area is 106 Å². The van der Waals surface area contributed by atoms with Gasteiger partial charge in [-0.2, -0.15) is 13.2 Å². The summed E-state index contributed by atoms with van der Waals surface area (Å²) in [5.41, 5.74) is -1.15. The second kappa shape index (κ2) is 5.38. The molecule has 5 nitrogen and oxygen atoms in total. The van der Waals surface area contributed by atoms with E-state index in [1.54, 1.807) is 0 Å². The molecule has 1 N–H and O–H groups in total. The molecule has 0 spiro atoms. The Morgan fingerprint density at radius 3 is 2.61 bits per heavy atom. The monoisotopic (exact) mass is 282 g/mol. The van der Waals surface area contributed by atoms with Gasteiger partial charge >= 0.3 is 6.18 Å². The molecule has 0 fully saturated rings. The van der Waals surface area contributed by atoms with Crippen LogP contribution in [0.5, 0.6) is 0 Å². The average Bonchev–Trinajstić information content (AvgIpc) is 2.26. The number of likely N-dealkylation sites (N-methyl/N-ethyl adjacent to an activating group) is 2. The molecule has 0 aliphatic carbocycles. The van der Waals surface area contributed by atoms with Crippen molar-refractivity contribution in [2.75, 3.05) is 25.5 Å². The number of amides is 1. The van der Waals surface area contributed by atoms with Crippen molar-refractivity contribution in [1.82, 2.24) is 15.3 Å². The van der Waals surface area contributed by atoms with Gasteiger partial charge in [0.2, 0.25) is 11.2 Å². The van der Waals surface area contributed by atoms with Crippen molar-refractivity contribution in [3.8, 4) is 0 Å². The summed E-state index contributed by atoms with van der Waals surface area (Å²) in [5.74, 6) is -0.438. The van der Waals surface area contributed by atoms with E-state index in [1.165, 1.54) is 19.0 Å². The largest absolute Gasteiger partial charge is 0.433 e. The molecular formula is C9H10ClF3N4O. The molecule has 0 atom stereocenters. The van der Waals surface area contributed by atoms with Crippen LogP contribution in [-0.2, 0) is 11.0 Å². The molecule has 1 rings (SSSR count). The highest BCUT2D eigenvalue weighted by Gasteiger charge is 2.34. The number of carbonyl (C=O) groups excluding carboxylic acids is 1. The van der Waals surface area contributed by atoms with E-state index in [1.807, 2.05) is 0 Å². The maximum absolute atomic E-state index is 12.5. The van der Waals surface area contributed by atoms with Crippen LogP contribution in [0.15, 0.2) is 6.07 Å². The van der Waals surface area contributed by atoms with E-state index in [0.29, 0.717) is 0 Å². The SMILES string of the molecule is CNC(=O)CN(C)c1cc(C(F)(F)F)nc(Cl)n1. The van der Waals surface area contributed by atoms with Gasteiger partial charge in [0.15, 0.2) is 5.69 Å². The van der Waals surface area contributed by atoms with E-state index >= 15 is 0 Å². The molecule has 0 saturated carbocycles. The van der Waals surface area contributed by atoms with Crippen LogP contribution < -0.4 is 10.2 Å². The molecule has 0 aliphatic heterocycles. The van der Waals surface area contributed by atoms with Gasteiger partial charge < -0.3 is 10.2 Å². The molecule has 18 heavy (non-hydrogen) atoms. The smallest absolute Gasteiger partial charge is 0.358 e. The molecule has 0 aromatic carbocycles. The summed E-state index contributed by atoms with van der Waals surface area (Å²) < 4.78 is 37.5. The highest BCUT2D eigenvalue weighted by molar-refractivity contribution is 6.28. The van der Waals surface area contributed by atoms with Crippen LogP contribution in [0.3, 0.4) is 0 Å². The van der Waals surface area contributed by atoms with Crippen LogP contribution in [-0.4, -0.2) is 36.5 Å². The fourth-order valence-corrected chi connectivity index (χ4v) is 1.30. The van der Waals surface area contributed by atoms with E-state index in [2.05, 4.69) is 15.3 Å². The second-order valence-corrected chi connectivity index (χ2v) is 3.75. The van der Waals surface area contributed by atoms with Crippen LogP contribution in [0.4, 0.5) is 19.0 Å². The third-order valence-corrected chi connectivity index (χ3v) is 2.20. The molecule has 1 aromatic heterocycles. The van der Waals surface area contributed by atoms with E-state index in [0.717, 1.165) is 6.07 Å². The van der Waals surface area contributed by atoms with Gasteiger partial charge in [0.05, 0.1) is 6.54 Å². The molecular weight excluding hydrogens is 273 g/mol. The predicted octanol–water partition coefficient (Wildman–Crippen LogP) is 1.33. The van der Waals surface area contributed by atoms with Gasteiger partial charge in [-0.3, -0.25) is 4.79 Å². The molecule has 0 saturated heterocycles. The standard InChI is InChI=1S/C9H10ClF3N4O/c1-14-7(18)4-17(2)6-3-5(9(11,12)13)15-8(10)16-6/h3H,4H2,1-2H3,(H,14,18). The van der Waals surface area contributed by atoms with Crippen molar-refractivity contribution < 1.29 is 18.0 Å². The number of hydrogen-bond acceptors (Lipinski definition) is 4. The second-order valence-electron chi connectivity index (χ2n) is 3.41. The number of aromatic nitrogens is 2. The first-order valence-electron chi connectivity index (χ1n) is 4.77. The number of nitrogens with one attached hydrogen (secondary N) is 1. The zero-order valence-corrected chi connectivity index (χ0v) is 10.3. The number of alkyl halides is 3. The fourth-order valence-electron chi connectivity index (χ4n) is 1.12. The Kier molecular flexibility index (Phi) is 4.33. The van der Waals surface area contributed by atoms with E-state index in [4.69, 9.17) is 11.6 Å². The minimum Gasteiger partial charge on any atom is -0.358 e. The Bertz CT molecular complexity index is 452. The number of hydrogen-bond donors (Lipinski definition) is 1. The molecule has 0 aliphatic rings. The average molecular weight is 283 g/mol. The number of halogens is 4. The highest BCUT2D eigenvalue weighted by atomic mass is 35.5. The maximum atomic E-state index is 12.5. The number of carbonyl (C=O) groups is 1. The Balaban J connectivity index is 3.03. The summed E-state index contributed by atoms with van der Waals surface area (Å²) >= 11 is 5.42. The molecule has 0 radical (unpaired) electrons. The van der Waals surface area contributed by atoms with Crippen LogP contribution in [0.2, 0.25) is 5.28 Å². The van der Waals surface area contributed by atoms with Gasteiger partial charge in [0, 0.05) is 20.2 Å². The number of anilines is 1. The molecule has 100 valence electrons. The van der Waals surface area contributed by atoms with Gasteiger partial charge in [-0.25, -0.2) is 9.97 Å². The van der Waals surface area contributed by atoms with Crippen molar-refractivity contribution in [3.63, 3.8) is 0 Å². The van der Waals surface area contributed by atoms with Gasteiger partial charge in [-0.05, 0) is 11.6 Å². The Morgan fingerprint density at radius 1 is 1.50 bits per heavy atom. The number of nitrogens with zero attached hydrogens (tertiary/aromatic N) is 3. The van der Waals surface area contributed by atoms with Crippen molar-refractivity contribution in [2.24, 2.45) is 0 Å². The number of rotatable bonds is 3. The first-order chi connectivity index (χ1) is 8.24. The zero-order valence-electron chi connectivity index (χ0n) is 9.55. The maximum Gasteiger partial charge on any atom is 0.433 e. The lowest BCUT2D eigenvalue weighted by Gasteiger charge is -2.18. The van der Waals surface area contributed by atoms with Crippen molar-refractivity contribution >= 4 is 23.3 Å². The molecule has 1 heterocycles. The van der Waals surface area contributed by atoms with Gasteiger partial charge in [0.1, 0.15) is 5.82 Å². The topological polar surface area (TPSA) is 58.1 Å². The molecule has 9 heteroatoms. The fraction of sp³-hybridized carbons (Fsp3) is 0.444. The molecule has 0 bridgehead atoms. The summed E-state index contributed by atoms with van der Waals surface area (Å²) in [4.78, 5) is 19.1. The van der Waals surface area contributed by atoms with E-state index < -0.39 is 17.2 Å². The van der Waals surface area contributed by atoms with Gasteiger partial charge in [-0.1, -0.05) is 0 Å². The van der Waals surface area contributed by atoms with Crippen molar-refractivity contribution in [3.05, 3.63) is 17.0 Å². The summed E-state index contributed by atoms with van der Waals surface area (Å²) in [7, 11) is 2.85. The van der Waals surface area contributed by atoms with Crippen molar-refractivity contribution in [1.29, 1.82) is 0 Å². The van der Waals surface area contributed by atoms with Crippen LogP contribution >= 0.6 is 11.6 Å². The van der Waals surface area contributed by atoms with Crippen LogP contribution in [0.25, 0.3) is 0 Å². The van der Waals surface area contributed by atoms with Crippen LogP contribution in [0, 0.1) is 0 Å². The minimum absolute atomic E-state index is 0.0778. The third kappa shape index (κ3) is 3.73. The summed E-state index contributed by atoms with van der Waals surface area (Å²) in [6, 6.07) is 0.731. The quantitative estimate of drug-likeness (QED) is 0.850. The summed E-state index contributed by atoms with van der Waals surface area (Å²) in [6.45, 7) is -0.138. The lowest BCUT2D eigenvalue weighted by Crippen LogP contribution is -2.33. The predicted molar refractivity (Wildman–Crippen MR) is 59.4 cm³/mol. The summed E-state index contributed by atoms with van der Waals surface area (Å²) in [5, 5.41) is 1.82. The highest BCUT2D eigenvalue weighted by Crippen LogP contribution is 2.30. The first kappa shape index (κ1) is 14.5. The molecule has 1 amide bonds. The Morgan fingerprint density at radius 2 is 2.11 bits per heavy atom. The lowest BCUT2D eigenvalue weighted by molar-refractivity contribution is -0.141. The minimum atomic E-state index is -4.62. The lowest BCUT2D eigenvalue weighted by atomic mass is 10.3. The van der Waals surface area contributed by atoms with Crippen molar-refractivity contribution in [2.45, 2.75) is 6.18 Å². The van der Waals surface area contributed by atoms with Crippen LogP contribution in [0.1, 0.15) is 5.69 Å². The Hall–Kier alpha value is -1.57. The van der Waals surface area contributed by atoms with Gasteiger partial charge in [-0.15, -0.1) is 0 Å². The normalized spacial score (nSPS) is 11.2.